The summed E-state index contributed by atoms with van der Waals surface area (Å²) in [5, 5.41) is 4.23. The van der Waals surface area contributed by atoms with E-state index in [9.17, 15) is 8.42 Å². The third-order valence-electron chi connectivity index (χ3n) is 3.32. The molecular formula is C11H22N2O2S2. The predicted octanol–water partition coefficient (Wildman–Crippen LogP) is 1.67. The van der Waals surface area contributed by atoms with E-state index in [1.807, 2.05) is 0 Å². The van der Waals surface area contributed by atoms with Crippen molar-refractivity contribution in [2.45, 2.75) is 44.4 Å². The first-order valence-electron chi connectivity index (χ1n) is 5.75. The van der Waals surface area contributed by atoms with E-state index in [0.29, 0.717) is 6.54 Å². The molecule has 1 heterocycles. The van der Waals surface area contributed by atoms with E-state index >= 15 is 0 Å². The van der Waals surface area contributed by atoms with Gasteiger partial charge in [0.25, 0.3) is 0 Å². The molecule has 1 aliphatic heterocycles. The summed E-state index contributed by atoms with van der Waals surface area (Å²) < 4.78 is 22.3. The first-order chi connectivity index (χ1) is 7.60. The van der Waals surface area contributed by atoms with Gasteiger partial charge in [0.15, 0.2) is 15.0 Å². The van der Waals surface area contributed by atoms with Crippen molar-refractivity contribution in [2.75, 3.05) is 18.6 Å². The summed E-state index contributed by atoms with van der Waals surface area (Å²) in [7, 11) is -3.07. The molecule has 0 bridgehead atoms. The first-order valence-corrected chi connectivity index (χ1v) is 8.62. The molecule has 4 nitrogen and oxygen atoms in total. The number of thioether (sulfide) groups is 1. The number of aliphatic imine (C=N–C) groups is 1. The minimum atomic E-state index is -3.07. The predicted molar refractivity (Wildman–Crippen MR) is 75.5 cm³/mol. The maximum absolute atomic E-state index is 11.5. The zero-order valence-corrected chi connectivity index (χ0v) is 12.8. The monoisotopic (exact) mass is 278 g/mol. The number of nitrogens with one attached hydrogen (secondary N) is 1. The number of nitrogens with zero attached hydrogens (tertiary/aromatic N) is 1. The highest BCUT2D eigenvalue weighted by Gasteiger charge is 2.33. The molecule has 0 radical (unpaired) electrons. The molecular weight excluding hydrogens is 256 g/mol. The van der Waals surface area contributed by atoms with Crippen LogP contribution in [0.4, 0.5) is 0 Å². The van der Waals surface area contributed by atoms with Gasteiger partial charge in [-0.1, -0.05) is 18.7 Å². The number of hydrogen-bond donors (Lipinski definition) is 1. The van der Waals surface area contributed by atoms with Crippen LogP contribution in [0.15, 0.2) is 4.99 Å². The second-order valence-electron chi connectivity index (χ2n) is 5.48. The molecule has 0 amide bonds. The Balaban J connectivity index is 2.69. The minimum absolute atomic E-state index is 0.0960. The largest absolute Gasteiger partial charge is 0.359 e. The molecule has 1 unspecified atom stereocenters. The smallest absolute Gasteiger partial charge is 0.157 e. The van der Waals surface area contributed by atoms with Crippen molar-refractivity contribution in [3.63, 3.8) is 0 Å². The third kappa shape index (κ3) is 3.61. The van der Waals surface area contributed by atoms with Gasteiger partial charge >= 0.3 is 0 Å². The van der Waals surface area contributed by atoms with E-state index in [2.05, 4.69) is 24.2 Å². The Morgan fingerprint density at radius 2 is 2.12 bits per heavy atom. The van der Waals surface area contributed by atoms with Crippen LogP contribution in [0.1, 0.15) is 34.1 Å². The summed E-state index contributed by atoms with van der Waals surface area (Å²) in [6.07, 6.45) is 2.30. The van der Waals surface area contributed by atoms with Crippen molar-refractivity contribution < 1.29 is 8.42 Å². The molecule has 1 rings (SSSR count). The van der Waals surface area contributed by atoms with E-state index in [1.54, 1.807) is 25.6 Å². The molecule has 0 saturated carbocycles. The molecule has 100 valence electrons. The normalized spacial score (nSPS) is 28.4. The van der Waals surface area contributed by atoms with Gasteiger partial charge < -0.3 is 5.32 Å². The number of hydrogen-bond acceptors (Lipinski definition) is 4. The van der Waals surface area contributed by atoms with Crippen molar-refractivity contribution >= 4 is 26.8 Å². The van der Waals surface area contributed by atoms with Crippen LogP contribution in [0.25, 0.3) is 0 Å². The zero-order chi connectivity index (χ0) is 13.3. The minimum Gasteiger partial charge on any atom is -0.359 e. The average molecular weight is 278 g/mol. The summed E-state index contributed by atoms with van der Waals surface area (Å²) >= 11 is 1.67. The van der Waals surface area contributed by atoms with Gasteiger partial charge in [-0.05, 0) is 27.2 Å². The molecule has 1 saturated heterocycles. The molecule has 1 atom stereocenters. The Morgan fingerprint density at radius 3 is 2.53 bits per heavy atom. The lowest BCUT2D eigenvalue weighted by molar-refractivity contribution is 0.466. The Kier molecular flexibility index (Phi) is 4.19. The Hall–Kier alpha value is -0.230. The van der Waals surface area contributed by atoms with Gasteiger partial charge in [-0.3, -0.25) is 4.99 Å². The van der Waals surface area contributed by atoms with Crippen LogP contribution in [-0.2, 0) is 9.84 Å². The van der Waals surface area contributed by atoms with Crippen molar-refractivity contribution in [2.24, 2.45) is 4.99 Å². The Bertz CT molecular complexity index is 415. The van der Waals surface area contributed by atoms with E-state index in [-0.39, 0.29) is 5.54 Å². The summed E-state index contributed by atoms with van der Waals surface area (Å²) in [4.78, 5) is 4.39. The first kappa shape index (κ1) is 14.8. The quantitative estimate of drug-likeness (QED) is 0.850. The Morgan fingerprint density at radius 1 is 1.53 bits per heavy atom. The number of sulfone groups is 1. The lowest BCUT2D eigenvalue weighted by Gasteiger charge is -2.22. The van der Waals surface area contributed by atoms with Crippen molar-refractivity contribution in [1.82, 2.24) is 5.32 Å². The van der Waals surface area contributed by atoms with Crippen LogP contribution in [0.2, 0.25) is 0 Å². The Labute approximate surface area is 109 Å². The van der Waals surface area contributed by atoms with Gasteiger partial charge in [0.1, 0.15) is 0 Å². The molecule has 0 aromatic carbocycles. The standard InChI is InChI=1S/C11H22N2O2S2/c1-6-11(4)8-16-9(13-11)12-7-10(2,3)17(5,14)15/h6-8H2,1-5H3,(H,12,13). The fourth-order valence-corrected chi connectivity index (χ4v) is 2.72. The highest BCUT2D eigenvalue weighted by atomic mass is 32.2. The molecule has 6 heteroatoms. The van der Waals surface area contributed by atoms with E-state index in [0.717, 1.165) is 17.3 Å². The maximum Gasteiger partial charge on any atom is 0.157 e. The number of amidine groups is 1. The van der Waals surface area contributed by atoms with Gasteiger partial charge in [-0.15, -0.1) is 0 Å². The van der Waals surface area contributed by atoms with Crippen molar-refractivity contribution in [1.29, 1.82) is 0 Å². The van der Waals surface area contributed by atoms with E-state index < -0.39 is 14.6 Å². The fourth-order valence-electron chi connectivity index (χ4n) is 1.21. The second kappa shape index (κ2) is 4.80. The van der Waals surface area contributed by atoms with Crippen molar-refractivity contribution in [3.8, 4) is 0 Å². The molecule has 1 aliphatic rings. The third-order valence-corrected chi connectivity index (χ3v) is 6.75. The van der Waals surface area contributed by atoms with Gasteiger partial charge in [0.2, 0.25) is 0 Å². The summed E-state index contributed by atoms with van der Waals surface area (Å²) in [6, 6.07) is 0. The lowest BCUT2D eigenvalue weighted by atomic mass is 10.0. The van der Waals surface area contributed by atoms with E-state index in [1.165, 1.54) is 6.26 Å². The topological polar surface area (TPSA) is 58.5 Å². The van der Waals surface area contributed by atoms with Gasteiger partial charge in [0.05, 0.1) is 11.3 Å². The highest BCUT2D eigenvalue weighted by Crippen LogP contribution is 2.26. The van der Waals surface area contributed by atoms with Crippen LogP contribution < -0.4 is 5.32 Å². The van der Waals surface area contributed by atoms with Gasteiger partial charge in [0, 0.05) is 17.5 Å². The SMILES string of the molecule is CCC1(C)CSC(=NCC(C)(C)S(C)(=O)=O)N1. The summed E-state index contributed by atoms with van der Waals surface area (Å²) in [5.74, 6) is 0.988. The van der Waals surface area contributed by atoms with Crippen LogP contribution in [0, 0.1) is 0 Å². The fraction of sp³-hybridized carbons (Fsp3) is 0.909. The van der Waals surface area contributed by atoms with Crippen LogP contribution >= 0.6 is 11.8 Å². The second-order valence-corrected chi connectivity index (χ2v) is 9.09. The molecule has 0 aromatic rings. The lowest BCUT2D eigenvalue weighted by Crippen LogP contribution is -2.40. The number of rotatable bonds is 4. The molecule has 0 aromatic heterocycles. The summed E-state index contributed by atoms with van der Waals surface area (Å²) in [6.45, 7) is 8.03. The highest BCUT2D eigenvalue weighted by molar-refractivity contribution is 8.14. The maximum atomic E-state index is 11.5. The van der Waals surface area contributed by atoms with E-state index in [4.69, 9.17) is 0 Å². The van der Waals surface area contributed by atoms with Crippen LogP contribution in [0.5, 0.6) is 0 Å². The summed E-state index contributed by atoms with van der Waals surface area (Å²) in [5.41, 5.74) is 0.0960. The van der Waals surface area contributed by atoms with Crippen LogP contribution in [0.3, 0.4) is 0 Å². The van der Waals surface area contributed by atoms with Crippen molar-refractivity contribution in [3.05, 3.63) is 0 Å². The zero-order valence-electron chi connectivity index (χ0n) is 11.2. The van der Waals surface area contributed by atoms with Gasteiger partial charge in [-0.25, -0.2) is 8.42 Å². The molecule has 0 aliphatic carbocycles. The molecule has 17 heavy (non-hydrogen) atoms. The van der Waals surface area contributed by atoms with Crippen LogP contribution in [-0.4, -0.2) is 42.4 Å². The average Bonchev–Trinajstić information content (AvgIpc) is 2.57. The molecule has 0 spiro atoms. The van der Waals surface area contributed by atoms with Gasteiger partial charge in [-0.2, -0.15) is 0 Å². The molecule has 1 fully saturated rings. The molecule has 1 N–H and O–H groups in total.